The second-order valence-electron chi connectivity index (χ2n) is 2.75. The standard InChI is InChI=1S/C8H15N3O/c1-4-7(9)6-5-10-11(2)8(6)12-3/h5,7H,4,9H2,1-3H3. The van der Waals surface area contributed by atoms with Crippen LogP contribution in [0.4, 0.5) is 0 Å². The van der Waals surface area contributed by atoms with Gasteiger partial charge in [0.2, 0.25) is 5.88 Å². The van der Waals surface area contributed by atoms with Crippen molar-refractivity contribution in [2.24, 2.45) is 12.8 Å². The van der Waals surface area contributed by atoms with E-state index in [1.165, 1.54) is 0 Å². The van der Waals surface area contributed by atoms with E-state index in [4.69, 9.17) is 10.5 Å². The van der Waals surface area contributed by atoms with Crippen LogP contribution in [-0.4, -0.2) is 16.9 Å². The van der Waals surface area contributed by atoms with Gasteiger partial charge in [0.05, 0.1) is 18.9 Å². The molecule has 4 nitrogen and oxygen atoms in total. The van der Waals surface area contributed by atoms with Crippen LogP contribution in [0.5, 0.6) is 5.88 Å². The summed E-state index contributed by atoms with van der Waals surface area (Å²) in [5.74, 6) is 0.754. The highest BCUT2D eigenvalue weighted by atomic mass is 16.5. The molecule has 12 heavy (non-hydrogen) atoms. The lowest BCUT2D eigenvalue weighted by Gasteiger charge is -2.08. The molecule has 0 amide bonds. The molecule has 0 bridgehead atoms. The van der Waals surface area contributed by atoms with E-state index < -0.39 is 0 Å². The third kappa shape index (κ3) is 1.43. The number of hydrogen-bond donors (Lipinski definition) is 1. The third-order valence-electron chi connectivity index (χ3n) is 1.94. The molecule has 0 spiro atoms. The van der Waals surface area contributed by atoms with Gasteiger partial charge in [-0.15, -0.1) is 0 Å². The number of nitrogens with two attached hydrogens (primary N) is 1. The van der Waals surface area contributed by atoms with Gasteiger partial charge in [-0.2, -0.15) is 5.10 Å². The number of aromatic nitrogens is 2. The van der Waals surface area contributed by atoms with Crippen LogP contribution in [-0.2, 0) is 7.05 Å². The SMILES string of the molecule is CCC(N)c1cnn(C)c1OC. The van der Waals surface area contributed by atoms with Gasteiger partial charge in [-0.3, -0.25) is 0 Å². The maximum Gasteiger partial charge on any atom is 0.216 e. The molecule has 0 aromatic carbocycles. The molecule has 1 heterocycles. The summed E-state index contributed by atoms with van der Waals surface area (Å²) in [4.78, 5) is 0. The Morgan fingerprint density at radius 2 is 2.42 bits per heavy atom. The molecular formula is C8H15N3O. The van der Waals surface area contributed by atoms with Crippen molar-refractivity contribution in [2.75, 3.05) is 7.11 Å². The Morgan fingerprint density at radius 3 is 2.92 bits per heavy atom. The molecule has 0 fully saturated rings. The highest BCUT2D eigenvalue weighted by Crippen LogP contribution is 2.23. The Balaban J connectivity index is 2.98. The molecule has 0 saturated heterocycles. The van der Waals surface area contributed by atoms with Crippen LogP contribution < -0.4 is 10.5 Å². The van der Waals surface area contributed by atoms with Crippen molar-refractivity contribution in [1.29, 1.82) is 0 Å². The molecule has 0 radical (unpaired) electrons. The Bertz CT molecular complexity index is 257. The molecule has 0 aliphatic heterocycles. The molecule has 1 unspecified atom stereocenters. The summed E-state index contributed by atoms with van der Waals surface area (Å²) in [6.45, 7) is 2.04. The Hall–Kier alpha value is -1.03. The Labute approximate surface area is 72.3 Å². The van der Waals surface area contributed by atoms with E-state index in [0.29, 0.717) is 0 Å². The molecular weight excluding hydrogens is 154 g/mol. The summed E-state index contributed by atoms with van der Waals surface area (Å²) < 4.78 is 6.84. The van der Waals surface area contributed by atoms with Crippen molar-refractivity contribution >= 4 is 0 Å². The minimum atomic E-state index is 0.0219. The lowest BCUT2D eigenvalue weighted by atomic mass is 10.1. The molecule has 1 atom stereocenters. The molecule has 0 aliphatic carbocycles. The summed E-state index contributed by atoms with van der Waals surface area (Å²) in [5.41, 5.74) is 6.83. The Morgan fingerprint density at radius 1 is 1.75 bits per heavy atom. The average Bonchev–Trinajstić information content (AvgIpc) is 2.45. The van der Waals surface area contributed by atoms with Gasteiger partial charge in [0, 0.05) is 13.1 Å². The maximum absolute atomic E-state index is 5.85. The minimum Gasteiger partial charge on any atom is -0.481 e. The fraction of sp³-hybridized carbons (Fsp3) is 0.625. The summed E-state index contributed by atoms with van der Waals surface area (Å²) in [6.07, 6.45) is 2.65. The first-order valence-electron chi connectivity index (χ1n) is 4.02. The number of rotatable bonds is 3. The fourth-order valence-electron chi connectivity index (χ4n) is 1.17. The third-order valence-corrected chi connectivity index (χ3v) is 1.94. The number of ether oxygens (including phenoxy) is 1. The molecule has 4 heteroatoms. The van der Waals surface area contributed by atoms with E-state index in [-0.39, 0.29) is 6.04 Å². The molecule has 1 rings (SSSR count). The normalized spacial score (nSPS) is 13.0. The Kier molecular flexibility index (Phi) is 2.70. The van der Waals surface area contributed by atoms with E-state index >= 15 is 0 Å². The zero-order chi connectivity index (χ0) is 9.14. The van der Waals surface area contributed by atoms with Crippen molar-refractivity contribution in [2.45, 2.75) is 19.4 Å². The maximum atomic E-state index is 5.85. The van der Waals surface area contributed by atoms with E-state index in [0.717, 1.165) is 17.9 Å². The van der Waals surface area contributed by atoms with Crippen molar-refractivity contribution in [3.8, 4) is 5.88 Å². The highest BCUT2D eigenvalue weighted by Gasteiger charge is 2.13. The van der Waals surface area contributed by atoms with Crippen LogP contribution in [0.2, 0.25) is 0 Å². The van der Waals surface area contributed by atoms with Crippen LogP contribution in [0.15, 0.2) is 6.20 Å². The van der Waals surface area contributed by atoms with Crippen molar-refractivity contribution in [1.82, 2.24) is 9.78 Å². The summed E-state index contributed by atoms with van der Waals surface area (Å²) in [6, 6.07) is 0.0219. The molecule has 0 saturated carbocycles. The topological polar surface area (TPSA) is 53.1 Å². The van der Waals surface area contributed by atoms with Crippen molar-refractivity contribution < 1.29 is 4.74 Å². The summed E-state index contributed by atoms with van der Waals surface area (Å²) >= 11 is 0. The van der Waals surface area contributed by atoms with E-state index in [9.17, 15) is 0 Å². The summed E-state index contributed by atoms with van der Waals surface area (Å²) in [5, 5.41) is 4.07. The van der Waals surface area contributed by atoms with E-state index in [1.54, 1.807) is 18.0 Å². The minimum absolute atomic E-state index is 0.0219. The van der Waals surface area contributed by atoms with Crippen LogP contribution in [0.3, 0.4) is 0 Å². The molecule has 68 valence electrons. The van der Waals surface area contributed by atoms with Crippen LogP contribution >= 0.6 is 0 Å². The number of hydrogen-bond acceptors (Lipinski definition) is 3. The quantitative estimate of drug-likeness (QED) is 0.729. The molecule has 1 aromatic rings. The van der Waals surface area contributed by atoms with Crippen molar-refractivity contribution in [3.05, 3.63) is 11.8 Å². The largest absolute Gasteiger partial charge is 0.481 e. The zero-order valence-electron chi connectivity index (χ0n) is 7.74. The lowest BCUT2D eigenvalue weighted by molar-refractivity contribution is 0.366. The first-order valence-corrected chi connectivity index (χ1v) is 4.02. The van der Waals surface area contributed by atoms with Crippen LogP contribution in [0, 0.1) is 0 Å². The van der Waals surface area contributed by atoms with Gasteiger partial charge in [-0.25, -0.2) is 4.68 Å². The zero-order valence-corrected chi connectivity index (χ0v) is 7.74. The van der Waals surface area contributed by atoms with Crippen molar-refractivity contribution in [3.63, 3.8) is 0 Å². The second-order valence-corrected chi connectivity index (χ2v) is 2.75. The monoisotopic (exact) mass is 169 g/mol. The number of methoxy groups -OCH3 is 1. The van der Waals surface area contributed by atoms with Gasteiger partial charge < -0.3 is 10.5 Å². The van der Waals surface area contributed by atoms with Gasteiger partial charge in [-0.1, -0.05) is 6.92 Å². The summed E-state index contributed by atoms with van der Waals surface area (Å²) in [7, 11) is 3.47. The van der Waals surface area contributed by atoms with Gasteiger partial charge in [0.1, 0.15) is 0 Å². The van der Waals surface area contributed by atoms with Gasteiger partial charge in [0.15, 0.2) is 0 Å². The lowest BCUT2D eigenvalue weighted by Crippen LogP contribution is -2.09. The highest BCUT2D eigenvalue weighted by molar-refractivity contribution is 5.27. The van der Waals surface area contributed by atoms with Crippen LogP contribution in [0.25, 0.3) is 0 Å². The molecule has 2 N–H and O–H groups in total. The average molecular weight is 169 g/mol. The number of aryl methyl sites for hydroxylation is 1. The number of nitrogens with zero attached hydrogens (tertiary/aromatic N) is 2. The predicted molar refractivity (Wildman–Crippen MR) is 47.0 cm³/mol. The molecule has 0 aliphatic rings. The van der Waals surface area contributed by atoms with E-state index in [1.807, 2.05) is 14.0 Å². The smallest absolute Gasteiger partial charge is 0.216 e. The van der Waals surface area contributed by atoms with Gasteiger partial charge in [-0.05, 0) is 6.42 Å². The first kappa shape index (κ1) is 9.06. The predicted octanol–water partition coefficient (Wildman–Crippen LogP) is 0.838. The molecule has 1 aromatic heterocycles. The van der Waals surface area contributed by atoms with Crippen LogP contribution in [0.1, 0.15) is 24.9 Å². The van der Waals surface area contributed by atoms with Gasteiger partial charge >= 0.3 is 0 Å². The second kappa shape index (κ2) is 3.58. The first-order chi connectivity index (χ1) is 5.70. The van der Waals surface area contributed by atoms with E-state index in [2.05, 4.69) is 5.10 Å². The fourth-order valence-corrected chi connectivity index (χ4v) is 1.17. The van der Waals surface area contributed by atoms with Gasteiger partial charge in [0.25, 0.3) is 0 Å².